The topological polar surface area (TPSA) is 77.9 Å². The first-order valence-corrected chi connectivity index (χ1v) is 8.27. The second-order valence-electron chi connectivity index (χ2n) is 5.61. The van der Waals surface area contributed by atoms with Crippen LogP contribution in [-0.4, -0.2) is 25.5 Å². The van der Waals surface area contributed by atoms with Crippen molar-refractivity contribution in [2.75, 3.05) is 0 Å². The van der Waals surface area contributed by atoms with Gasteiger partial charge in [0, 0.05) is 25.4 Å². The van der Waals surface area contributed by atoms with E-state index in [9.17, 15) is 4.79 Å². The smallest absolute Gasteiger partial charge is 0.287 e. The molecular formula is C16H18BrN5O2. The molecule has 0 spiro atoms. The van der Waals surface area contributed by atoms with Crippen LogP contribution in [0.25, 0.3) is 0 Å². The number of aromatic nitrogens is 4. The summed E-state index contributed by atoms with van der Waals surface area (Å²) in [5, 5.41) is 11.3. The Morgan fingerprint density at radius 3 is 2.79 bits per heavy atom. The molecule has 8 heteroatoms. The highest BCUT2D eigenvalue weighted by Crippen LogP contribution is 2.21. The summed E-state index contributed by atoms with van der Waals surface area (Å²) >= 11 is 3.50. The minimum atomic E-state index is -0.250. The summed E-state index contributed by atoms with van der Waals surface area (Å²) in [6.45, 7) is 4.81. The molecular weight excluding hydrogens is 374 g/mol. The van der Waals surface area contributed by atoms with Crippen molar-refractivity contribution in [3.05, 3.63) is 57.5 Å². The molecule has 0 saturated carbocycles. The van der Waals surface area contributed by atoms with E-state index in [0.717, 1.165) is 21.4 Å². The van der Waals surface area contributed by atoms with Gasteiger partial charge in [-0.15, -0.1) is 0 Å². The fourth-order valence-corrected chi connectivity index (χ4v) is 2.68. The van der Waals surface area contributed by atoms with Gasteiger partial charge in [0.1, 0.15) is 5.76 Å². The lowest BCUT2D eigenvalue weighted by molar-refractivity contribution is 0.0921. The number of aryl methyl sites for hydroxylation is 2. The van der Waals surface area contributed by atoms with Gasteiger partial charge < -0.3 is 9.73 Å². The second-order valence-corrected chi connectivity index (χ2v) is 6.41. The van der Waals surface area contributed by atoms with Gasteiger partial charge in [-0.3, -0.25) is 14.2 Å². The molecule has 0 radical (unpaired) electrons. The van der Waals surface area contributed by atoms with Crippen LogP contribution in [0.3, 0.4) is 0 Å². The molecule has 0 fully saturated rings. The summed E-state index contributed by atoms with van der Waals surface area (Å²) in [6, 6.07) is 3.47. The van der Waals surface area contributed by atoms with Crippen LogP contribution < -0.4 is 5.32 Å². The Hall–Kier alpha value is -2.35. The van der Waals surface area contributed by atoms with E-state index in [0.29, 0.717) is 18.8 Å². The Labute approximate surface area is 147 Å². The highest BCUT2D eigenvalue weighted by molar-refractivity contribution is 9.10. The van der Waals surface area contributed by atoms with E-state index in [4.69, 9.17) is 4.42 Å². The molecule has 7 nitrogen and oxygen atoms in total. The zero-order chi connectivity index (χ0) is 17.3. The fraction of sp³-hybridized carbons (Fsp3) is 0.312. The predicted molar refractivity (Wildman–Crippen MR) is 91.6 cm³/mol. The maximum absolute atomic E-state index is 12.2. The number of rotatable bonds is 5. The maximum Gasteiger partial charge on any atom is 0.287 e. The Kier molecular flexibility index (Phi) is 4.57. The molecule has 0 saturated heterocycles. The molecule has 0 unspecified atom stereocenters. The van der Waals surface area contributed by atoms with E-state index < -0.39 is 0 Å². The molecule has 0 bridgehead atoms. The lowest BCUT2D eigenvalue weighted by Crippen LogP contribution is -2.22. The number of hydrogen-bond donors (Lipinski definition) is 1. The van der Waals surface area contributed by atoms with Gasteiger partial charge in [-0.1, -0.05) is 0 Å². The van der Waals surface area contributed by atoms with E-state index >= 15 is 0 Å². The van der Waals surface area contributed by atoms with Crippen LogP contribution in [0.2, 0.25) is 0 Å². The average molecular weight is 392 g/mol. The van der Waals surface area contributed by atoms with Crippen molar-refractivity contribution in [2.45, 2.75) is 26.9 Å². The van der Waals surface area contributed by atoms with Gasteiger partial charge in [0.25, 0.3) is 5.91 Å². The van der Waals surface area contributed by atoms with Crippen LogP contribution in [0.4, 0.5) is 0 Å². The first-order valence-electron chi connectivity index (χ1n) is 7.48. The quantitative estimate of drug-likeness (QED) is 0.724. The number of hydrogen-bond acceptors (Lipinski definition) is 4. The highest BCUT2D eigenvalue weighted by Gasteiger charge is 2.14. The molecule has 3 heterocycles. The Morgan fingerprint density at radius 1 is 1.38 bits per heavy atom. The summed E-state index contributed by atoms with van der Waals surface area (Å²) in [5.41, 5.74) is 2.88. The molecule has 126 valence electrons. The molecule has 0 atom stereocenters. The van der Waals surface area contributed by atoms with E-state index in [1.165, 1.54) is 0 Å². The maximum atomic E-state index is 12.2. The van der Waals surface area contributed by atoms with Crippen molar-refractivity contribution >= 4 is 21.8 Å². The van der Waals surface area contributed by atoms with Crippen molar-refractivity contribution < 1.29 is 9.21 Å². The molecule has 0 aliphatic carbocycles. The van der Waals surface area contributed by atoms with Crippen molar-refractivity contribution in [3.8, 4) is 0 Å². The lowest BCUT2D eigenvalue weighted by Gasteiger charge is -2.02. The monoisotopic (exact) mass is 391 g/mol. The standard InChI is InChI=1S/C16H18BrN5O2/c1-10-15(17)11(2)22(20-10)9-13-4-5-14(24-13)16(23)18-6-12-7-19-21(3)8-12/h4-5,7-8H,6,9H2,1-3H3,(H,18,23). The SMILES string of the molecule is Cc1nn(Cc2ccc(C(=O)NCc3cnn(C)c3)o2)c(C)c1Br. The van der Waals surface area contributed by atoms with Gasteiger partial charge >= 0.3 is 0 Å². The minimum Gasteiger partial charge on any atom is -0.454 e. The molecule has 1 amide bonds. The highest BCUT2D eigenvalue weighted by atomic mass is 79.9. The van der Waals surface area contributed by atoms with Gasteiger partial charge in [0.2, 0.25) is 0 Å². The van der Waals surface area contributed by atoms with Gasteiger partial charge in [0.05, 0.1) is 28.6 Å². The molecule has 0 aliphatic rings. The Balaban J connectivity index is 1.64. The van der Waals surface area contributed by atoms with Crippen molar-refractivity contribution in [3.63, 3.8) is 0 Å². The normalized spacial score (nSPS) is 11.0. The van der Waals surface area contributed by atoms with E-state index in [2.05, 4.69) is 31.4 Å². The largest absolute Gasteiger partial charge is 0.454 e. The fourth-order valence-electron chi connectivity index (χ4n) is 2.39. The number of halogens is 1. The Morgan fingerprint density at radius 2 is 2.17 bits per heavy atom. The van der Waals surface area contributed by atoms with Crippen molar-refractivity contribution in [2.24, 2.45) is 7.05 Å². The summed E-state index contributed by atoms with van der Waals surface area (Å²) in [4.78, 5) is 12.2. The third kappa shape index (κ3) is 3.43. The molecule has 0 aromatic carbocycles. The molecule has 24 heavy (non-hydrogen) atoms. The Bertz CT molecular complexity index is 877. The van der Waals surface area contributed by atoms with Gasteiger partial charge in [-0.25, -0.2) is 0 Å². The zero-order valence-corrected chi connectivity index (χ0v) is 15.3. The number of furan rings is 1. The van der Waals surface area contributed by atoms with Crippen LogP contribution in [0.5, 0.6) is 0 Å². The second kappa shape index (κ2) is 6.64. The number of carbonyl (C=O) groups excluding carboxylic acids is 1. The average Bonchev–Trinajstić information content (AvgIpc) is 3.24. The summed E-state index contributed by atoms with van der Waals surface area (Å²) in [7, 11) is 1.83. The zero-order valence-electron chi connectivity index (χ0n) is 13.7. The van der Waals surface area contributed by atoms with Gasteiger partial charge in [-0.05, 0) is 41.9 Å². The van der Waals surface area contributed by atoms with E-state index in [1.807, 2.05) is 31.8 Å². The molecule has 0 aliphatic heterocycles. The first-order chi connectivity index (χ1) is 11.4. The van der Waals surface area contributed by atoms with Gasteiger partial charge in [0.15, 0.2) is 5.76 Å². The molecule has 3 aromatic rings. The van der Waals surface area contributed by atoms with Gasteiger partial charge in [-0.2, -0.15) is 10.2 Å². The molecule has 1 N–H and O–H groups in total. The van der Waals surface area contributed by atoms with Crippen molar-refractivity contribution in [1.29, 1.82) is 0 Å². The minimum absolute atomic E-state index is 0.250. The lowest BCUT2D eigenvalue weighted by atomic mass is 10.3. The van der Waals surface area contributed by atoms with E-state index in [1.54, 1.807) is 23.0 Å². The number of nitrogens with one attached hydrogen (secondary N) is 1. The van der Waals surface area contributed by atoms with E-state index in [-0.39, 0.29) is 11.7 Å². The first kappa shape index (κ1) is 16.5. The van der Waals surface area contributed by atoms with Crippen LogP contribution >= 0.6 is 15.9 Å². The third-order valence-electron chi connectivity index (χ3n) is 3.70. The van der Waals surface area contributed by atoms with Crippen molar-refractivity contribution in [1.82, 2.24) is 24.9 Å². The van der Waals surface area contributed by atoms with Crippen LogP contribution in [-0.2, 0) is 20.1 Å². The van der Waals surface area contributed by atoms with Crippen LogP contribution in [0.15, 0.2) is 33.4 Å². The molecule has 3 aromatic heterocycles. The number of amides is 1. The predicted octanol–water partition coefficient (Wildman–Crippen LogP) is 2.57. The van der Waals surface area contributed by atoms with Crippen LogP contribution in [0, 0.1) is 13.8 Å². The van der Waals surface area contributed by atoms with Crippen LogP contribution in [0.1, 0.15) is 33.3 Å². The third-order valence-corrected chi connectivity index (χ3v) is 4.84. The number of nitrogens with zero attached hydrogens (tertiary/aromatic N) is 4. The summed E-state index contributed by atoms with van der Waals surface area (Å²) in [6.07, 6.45) is 3.57. The summed E-state index contributed by atoms with van der Waals surface area (Å²) in [5.74, 6) is 0.716. The number of carbonyl (C=O) groups is 1. The summed E-state index contributed by atoms with van der Waals surface area (Å²) < 4.78 is 10.2. The molecule has 3 rings (SSSR count).